The minimum absolute atomic E-state index is 0.351. The van der Waals surface area contributed by atoms with Gasteiger partial charge >= 0.3 is 0 Å². The zero-order chi connectivity index (χ0) is 11.8. The fourth-order valence-electron chi connectivity index (χ4n) is 2.43. The summed E-state index contributed by atoms with van der Waals surface area (Å²) in [5.74, 6) is 1.02. The van der Waals surface area contributed by atoms with Crippen LogP contribution in [0.25, 0.3) is 10.2 Å². The van der Waals surface area contributed by atoms with E-state index >= 15 is 0 Å². The van der Waals surface area contributed by atoms with E-state index in [1.54, 1.807) is 11.3 Å². The summed E-state index contributed by atoms with van der Waals surface area (Å²) >= 11 is 7.70. The maximum atomic E-state index is 6.00. The van der Waals surface area contributed by atoms with Crippen LogP contribution < -0.4 is 4.90 Å². The number of anilines is 1. The number of aromatic nitrogens is 2. The lowest BCUT2D eigenvalue weighted by Gasteiger charge is -2.34. The first-order valence-electron chi connectivity index (χ1n) is 5.93. The molecule has 2 aromatic heterocycles. The van der Waals surface area contributed by atoms with Gasteiger partial charge < -0.3 is 4.90 Å². The van der Waals surface area contributed by atoms with Crippen LogP contribution in [0, 0.1) is 0 Å². The molecule has 5 heteroatoms. The second-order valence-electron chi connectivity index (χ2n) is 4.49. The second-order valence-corrected chi connectivity index (χ2v) is 5.74. The topological polar surface area (TPSA) is 29.0 Å². The summed E-state index contributed by atoms with van der Waals surface area (Å²) in [5, 5.41) is 2.40. The highest BCUT2D eigenvalue weighted by molar-refractivity contribution is 7.17. The van der Waals surface area contributed by atoms with Crippen molar-refractivity contribution in [3.8, 4) is 0 Å². The summed E-state index contributed by atoms with van der Waals surface area (Å²) in [5.41, 5.74) is 0.961. The van der Waals surface area contributed by atoms with E-state index in [9.17, 15) is 0 Å². The lowest BCUT2D eigenvalue weighted by Crippen LogP contribution is -2.38. The molecule has 1 unspecified atom stereocenters. The van der Waals surface area contributed by atoms with Gasteiger partial charge in [0.25, 0.3) is 0 Å². The monoisotopic (exact) mass is 267 g/mol. The second kappa shape index (κ2) is 4.42. The van der Waals surface area contributed by atoms with E-state index in [-0.39, 0.29) is 0 Å². The van der Waals surface area contributed by atoms with Gasteiger partial charge in [0.15, 0.2) is 5.82 Å². The summed E-state index contributed by atoms with van der Waals surface area (Å²) in [6.45, 7) is 3.33. The maximum absolute atomic E-state index is 6.00. The van der Waals surface area contributed by atoms with Crippen molar-refractivity contribution in [2.75, 3.05) is 11.4 Å². The van der Waals surface area contributed by atoms with E-state index in [4.69, 9.17) is 11.6 Å². The van der Waals surface area contributed by atoms with Crippen molar-refractivity contribution < 1.29 is 0 Å². The van der Waals surface area contributed by atoms with Crippen molar-refractivity contribution in [2.24, 2.45) is 0 Å². The van der Waals surface area contributed by atoms with Gasteiger partial charge in [-0.2, -0.15) is 4.98 Å². The molecule has 0 spiro atoms. The van der Waals surface area contributed by atoms with Crippen LogP contribution in [-0.4, -0.2) is 22.6 Å². The molecular formula is C12H14ClN3S. The molecule has 1 atom stereocenters. The molecule has 3 heterocycles. The Bertz CT molecular complexity index is 540. The van der Waals surface area contributed by atoms with Crippen LogP contribution in [0.3, 0.4) is 0 Å². The fraction of sp³-hybridized carbons (Fsp3) is 0.500. The van der Waals surface area contributed by atoms with Crippen molar-refractivity contribution in [2.45, 2.75) is 32.2 Å². The maximum Gasteiger partial charge on any atom is 0.224 e. The molecule has 0 bridgehead atoms. The van der Waals surface area contributed by atoms with E-state index < -0.39 is 0 Å². The first-order valence-corrected chi connectivity index (χ1v) is 7.19. The van der Waals surface area contributed by atoms with Crippen LogP contribution in [0.1, 0.15) is 26.2 Å². The Hall–Kier alpha value is -0.870. The number of nitrogens with zero attached hydrogens (tertiary/aromatic N) is 3. The van der Waals surface area contributed by atoms with Gasteiger partial charge in [0.1, 0.15) is 0 Å². The molecule has 1 aliphatic rings. The average molecular weight is 268 g/mol. The van der Waals surface area contributed by atoms with Crippen molar-refractivity contribution in [3.05, 3.63) is 16.7 Å². The molecule has 2 aromatic rings. The first kappa shape index (κ1) is 11.2. The third-order valence-electron chi connectivity index (χ3n) is 3.33. The lowest BCUT2D eigenvalue weighted by molar-refractivity contribution is 0.482. The average Bonchev–Trinajstić information content (AvgIpc) is 2.76. The molecule has 1 fully saturated rings. The van der Waals surface area contributed by atoms with Gasteiger partial charge in [-0.1, -0.05) is 0 Å². The number of halogens is 1. The van der Waals surface area contributed by atoms with Gasteiger partial charge in [-0.05, 0) is 49.2 Å². The minimum Gasteiger partial charge on any atom is -0.353 e. The third-order valence-corrected chi connectivity index (χ3v) is 4.40. The number of piperidine rings is 1. The molecule has 0 N–H and O–H groups in total. The van der Waals surface area contributed by atoms with E-state index in [0.29, 0.717) is 11.3 Å². The van der Waals surface area contributed by atoms with Crippen LogP contribution in [0.15, 0.2) is 11.4 Å². The number of hydrogen-bond donors (Lipinski definition) is 0. The van der Waals surface area contributed by atoms with E-state index in [1.807, 2.05) is 11.4 Å². The minimum atomic E-state index is 0.351. The van der Waals surface area contributed by atoms with Crippen molar-refractivity contribution >= 4 is 39.0 Å². The predicted molar refractivity (Wildman–Crippen MR) is 73.1 cm³/mol. The van der Waals surface area contributed by atoms with Crippen LogP contribution in [-0.2, 0) is 0 Å². The Morgan fingerprint density at radius 3 is 3.12 bits per heavy atom. The van der Waals surface area contributed by atoms with Crippen LogP contribution in [0.4, 0.5) is 5.82 Å². The van der Waals surface area contributed by atoms with Gasteiger partial charge in [-0.3, -0.25) is 0 Å². The number of thiophene rings is 1. The molecule has 0 aromatic carbocycles. The molecule has 0 amide bonds. The predicted octanol–water partition coefficient (Wildman–Crippen LogP) is 3.72. The molecule has 3 nitrogen and oxygen atoms in total. The SMILES string of the molecule is CC1CCCCN1c1nc(Cl)nc2ccsc12. The molecule has 0 radical (unpaired) electrons. The third kappa shape index (κ3) is 2.00. The number of hydrogen-bond acceptors (Lipinski definition) is 4. The largest absolute Gasteiger partial charge is 0.353 e. The molecule has 0 aliphatic carbocycles. The zero-order valence-electron chi connectivity index (χ0n) is 9.69. The molecule has 3 rings (SSSR count). The molecule has 90 valence electrons. The summed E-state index contributed by atoms with van der Waals surface area (Å²) in [6.07, 6.45) is 3.78. The standard InChI is InChI=1S/C12H14ClN3S/c1-8-4-2-3-6-16(8)11-10-9(5-7-17-10)14-12(13)15-11/h5,7-8H,2-4,6H2,1H3. The zero-order valence-corrected chi connectivity index (χ0v) is 11.3. The summed E-state index contributed by atoms with van der Waals surface area (Å²) in [6, 6.07) is 2.55. The van der Waals surface area contributed by atoms with Crippen molar-refractivity contribution in [1.82, 2.24) is 9.97 Å². The van der Waals surface area contributed by atoms with E-state index in [0.717, 1.165) is 22.6 Å². The van der Waals surface area contributed by atoms with Crippen molar-refractivity contribution in [3.63, 3.8) is 0 Å². The quantitative estimate of drug-likeness (QED) is 0.738. The normalized spacial score (nSPS) is 21.1. The Kier molecular flexibility index (Phi) is 2.92. The Morgan fingerprint density at radius 1 is 1.41 bits per heavy atom. The Balaban J connectivity index is 2.11. The molecule has 1 saturated heterocycles. The number of fused-ring (bicyclic) bond motifs is 1. The highest BCUT2D eigenvalue weighted by atomic mass is 35.5. The first-order chi connectivity index (χ1) is 8.25. The van der Waals surface area contributed by atoms with Gasteiger partial charge in [0, 0.05) is 12.6 Å². The van der Waals surface area contributed by atoms with Crippen LogP contribution in [0.5, 0.6) is 0 Å². The highest BCUT2D eigenvalue weighted by Crippen LogP contribution is 2.33. The van der Waals surface area contributed by atoms with Crippen molar-refractivity contribution in [1.29, 1.82) is 0 Å². The fourth-order valence-corrected chi connectivity index (χ4v) is 3.43. The van der Waals surface area contributed by atoms with Gasteiger partial charge in [0.05, 0.1) is 10.2 Å². The van der Waals surface area contributed by atoms with Crippen LogP contribution in [0.2, 0.25) is 5.28 Å². The highest BCUT2D eigenvalue weighted by Gasteiger charge is 2.22. The van der Waals surface area contributed by atoms with Gasteiger partial charge in [-0.15, -0.1) is 11.3 Å². The Labute approximate surface area is 109 Å². The number of rotatable bonds is 1. The lowest BCUT2D eigenvalue weighted by atomic mass is 10.0. The summed E-state index contributed by atoms with van der Waals surface area (Å²) in [7, 11) is 0. The van der Waals surface area contributed by atoms with Gasteiger partial charge in [-0.25, -0.2) is 4.98 Å². The van der Waals surface area contributed by atoms with E-state index in [1.165, 1.54) is 19.3 Å². The molecule has 1 aliphatic heterocycles. The molecule has 17 heavy (non-hydrogen) atoms. The van der Waals surface area contributed by atoms with Gasteiger partial charge in [0.2, 0.25) is 5.28 Å². The Morgan fingerprint density at radius 2 is 2.29 bits per heavy atom. The van der Waals surface area contributed by atoms with E-state index in [2.05, 4.69) is 21.8 Å². The summed E-state index contributed by atoms with van der Waals surface area (Å²) < 4.78 is 1.16. The molecular weight excluding hydrogens is 254 g/mol. The smallest absolute Gasteiger partial charge is 0.224 e. The van der Waals surface area contributed by atoms with Crippen LogP contribution >= 0.6 is 22.9 Å². The summed E-state index contributed by atoms with van der Waals surface area (Å²) in [4.78, 5) is 11.1. The molecule has 0 saturated carbocycles.